The van der Waals surface area contributed by atoms with Gasteiger partial charge in [-0.2, -0.15) is 0 Å². The van der Waals surface area contributed by atoms with Crippen LogP contribution in [0.15, 0.2) is 11.8 Å². The van der Waals surface area contributed by atoms with E-state index in [0.717, 1.165) is 24.5 Å². The third kappa shape index (κ3) is 3.52. The first kappa shape index (κ1) is 11.9. The SMILES string of the molecule is CN(C)CC1=CCC(C)(SCCN)O1. The van der Waals surface area contributed by atoms with Gasteiger partial charge in [0.2, 0.25) is 0 Å². The molecule has 4 heteroatoms. The lowest BCUT2D eigenvalue weighted by Crippen LogP contribution is -2.23. The van der Waals surface area contributed by atoms with Crippen LogP contribution in [0.1, 0.15) is 13.3 Å². The highest BCUT2D eigenvalue weighted by Crippen LogP contribution is 2.37. The van der Waals surface area contributed by atoms with Crippen LogP contribution in [-0.4, -0.2) is 42.8 Å². The molecule has 0 amide bonds. The Morgan fingerprint density at radius 1 is 1.64 bits per heavy atom. The van der Waals surface area contributed by atoms with Crippen molar-refractivity contribution in [2.24, 2.45) is 5.73 Å². The second kappa shape index (κ2) is 5.05. The largest absolute Gasteiger partial charge is 0.480 e. The van der Waals surface area contributed by atoms with Gasteiger partial charge in [0.25, 0.3) is 0 Å². The minimum absolute atomic E-state index is 0.0787. The van der Waals surface area contributed by atoms with Crippen molar-refractivity contribution in [2.45, 2.75) is 18.3 Å². The summed E-state index contributed by atoms with van der Waals surface area (Å²) >= 11 is 1.80. The molecule has 1 aliphatic rings. The van der Waals surface area contributed by atoms with Crippen LogP contribution in [0, 0.1) is 0 Å². The molecular formula is C10H20N2OS. The Balaban J connectivity index is 2.36. The molecule has 0 aromatic rings. The van der Waals surface area contributed by atoms with Crippen molar-refractivity contribution >= 4 is 11.8 Å². The van der Waals surface area contributed by atoms with Crippen molar-refractivity contribution < 1.29 is 4.74 Å². The second-order valence-electron chi connectivity index (χ2n) is 3.99. The summed E-state index contributed by atoms with van der Waals surface area (Å²) in [5.41, 5.74) is 5.48. The van der Waals surface area contributed by atoms with E-state index < -0.39 is 0 Å². The predicted molar refractivity (Wildman–Crippen MR) is 62.3 cm³/mol. The summed E-state index contributed by atoms with van der Waals surface area (Å²) in [7, 11) is 4.10. The van der Waals surface area contributed by atoms with Crippen LogP contribution in [0.4, 0.5) is 0 Å². The fourth-order valence-corrected chi connectivity index (χ4v) is 2.35. The summed E-state index contributed by atoms with van der Waals surface area (Å²) in [5.74, 6) is 2.04. The van der Waals surface area contributed by atoms with Gasteiger partial charge in [-0.1, -0.05) is 0 Å². The average Bonchev–Trinajstić information content (AvgIpc) is 2.44. The van der Waals surface area contributed by atoms with Crippen molar-refractivity contribution in [3.8, 4) is 0 Å². The Morgan fingerprint density at radius 2 is 2.36 bits per heavy atom. The number of likely N-dealkylation sites (N-methyl/N-ethyl adjacent to an activating group) is 1. The summed E-state index contributed by atoms with van der Waals surface area (Å²) in [4.78, 5) is 2.04. The van der Waals surface area contributed by atoms with Gasteiger partial charge in [-0.25, -0.2) is 0 Å². The maximum atomic E-state index is 5.89. The van der Waals surface area contributed by atoms with Gasteiger partial charge in [-0.3, -0.25) is 0 Å². The number of hydrogen-bond donors (Lipinski definition) is 1. The van der Waals surface area contributed by atoms with E-state index in [0.29, 0.717) is 6.54 Å². The van der Waals surface area contributed by atoms with E-state index in [9.17, 15) is 0 Å². The van der Waals surface area contributed by atoms with Gasteiger partial charge in [0, 0.05) is 18.7 Å². The van der Waals surface area contributed by atoms with Crippen molar-refractivity contribution in [3.05, 3.63) is 11.8 Å². The highest BCUT2D eigenvalue weighted by molar-refractivity contribution is 8.00. The topological polar surface area (TPSA) is 38.5 Å². The molecule has 3 nitrogen and oxygen atoms in total. The number of nitrogens with zero attached hydrogens (tertiary/aromatic N) is 1. The van der Waals surface area contributed by atoms with E-state index in [1.165, 1.54) is 0 Å². The summed E-state index contributed by atoms with van der Waals surface area (Å²) in [6, 6.07) is 0. The Morgan fingerprint density at radius 3 is 2.93 bits per heavy atom. The van der Waals surface area contributed by atoms with Crippen LogP contribution < -0.4 is 5.73 Å². The molecule has 1 atom stereocenters. The van der Waals surface area contributed by atoms with Gasteiger partial charge in [0.05, 0.1) is 6.54 Å². The maximum Gasteiger partial charge on any atom is 0.155 e. The molecule has 0 spiro atoms. The van der Waals surface area contributed by atoms with Gasteiger partial charge in [0.1, 0.15) is 5.76 Å². The third-order valence-electron chi connectivity index (χ3n) is 2.04. The van der Waals surface area contributed by atoms with Crippen LogP contribution >= 0.6 is 11.8 Å². The molecule has 1 heterocycles. The second-order valence-corrected chi connectivity index (χ2v) is 5.55. The van der Waals surface area contributed by atoms with Crippen LogP contribution in [0.2, 0.25) is 0 Å². The molecule has 0 saturated heterocycles. The summed E-state index contributed by atoms with van der Waals surface area (Å²) in [6.45, 7) is 3.73. The number of hydrogen-bond acceptors (Lipinski definition) is 4. The highest BCUT2D eigenvalue weighted by atomic mass is 32.2. The molecule has 82 valence electrons. The first-order valence-corrected chi connectivity index (χ1v) is 5.91. The van der Waals surface area contributed by atoms with Crippen molar-refractivity contribution in [3.63, 3.8) is 0 Å². The zero-order valence-corrected chi connectivity index (χ0v) is 10.1. The molecule has 2 N–H and O–H groups in total. The first-order valence-electron chi connectivity index (χ1n) is 4.92. The molecule has 0 aliphatic carbocycles. The fourth-order valence-electron chi connectivity index (χ4n) is 1.43. The fraction of sp³-hybridized carbons (Fsp3) is 0.800. The normalized spacial score (nSPS) is 26.5. The van der Waals surface area contributed by atoms with E-state index in [-0.39, 0.29) is 4.93 Å². The van der Waals surface area contributed by atoms with Crippen LogP contribution in [-0.2, 0) is 4.74 Å². The molecular weight excluding hydrogens is 196 g/mol. The molecule has 0 saturated carbocycles. The molecule has 1 unspecified atom stereocenters. The number of thioether (sulfide) groups is 1. The average molecular weight is 216 g/mol. The van der Waals surface area contributed by atoms with Crippen LogP contribution in [0.3, 0.4) is 0 Å². The molecule has 0 bridgehead atoms. The molecule has 1 aliphatic heterocycles. The van der Waals surface area contributed by atoms with E-state index in [1.54, 1.807) is 11.8 Å². The summed E-state index contributed by atoms with van der Waals surface area (Å²) in [6.07, 6.45) is 3.17. The molecule has 0 aromatic carbocycles. The number of ether oxygens (including phenoxy) is 1. The van der Waals surface area contributed by atoms with Gasteiger partial charge in [-0.15, -0.1) is 11.8 Å². The number of rotatable bonds is 5. The lowest BCUT2D eigenvalue weighted by molar-refractivity contribution is 0.115. The zero-order chi connectivity index (χ0) is 10.6. The van der Waals surface area contributed by atoms with Crippen LogP contribution in [0.5, 0.6) is 0 Å². The lowest BCUT2D eigenvalue weighted by atomic mass is 10.3. The minimum atomic E-state index is -0.0787. The van der Waals surface area contributed by atoms with E-state index in [4.69, 9.17) is 10.5 Å². The van der Waals surface area contributed by atoms with Crippen LogP contribution in [0.25, 0.3) is 0 Å². The third-order valence-corrected chi connectivity index (χ3v) is 3.35. The number of nitrogens with two attached hydrogens (primary N) is 1. The quantitative estimate of drug-likeness (QED) is 0.751. The minimum Gasteiger partial charge on any atom is -0.480 e. The van der Waals surface area contributed by atoms with Gasteiger partial charge < -0.3 is 15.4 Å². The predicted octanol–water partition coefficient (Wildman–Crippen LogP) is 1.26. The van der Waals surface area contributed by atoms with E-state index >= 15 is 0 Å². The monoisotopic (exact) mass is 216 g/mol. The zero-order valence-electron chi connectivity index (χ0n) is 9.25. The van der Waals surface area contributed by atoms with Gasteiger partial charge in [-0.05, 0) is 27.1 Å². The maximum absolute atomic E-state index is 5.89. The molecule has 14 heavy (non-hydrogen) atoms. The highest BCUT2D eigenvalue weighted by Gasteiger charge is 2.31. The van der Waals surface area contributed by atoms with Gasteiger partial charge >= 0.3 is 0 Å². The Kier molecular flexibility index (Phi) is 4.29. The van der Waals surface area contributed by atoms with E-state index in [1.807, 2.05) is 14.1 Å². The van der Waals surface area contributed by atoms with E-state index in [2.05, 4.69) is 17.9 Å². The van der Waals surface area contributed by atoms with Crippen molar-refractivity contribution in [2.75, 3.05) is 32.9 Å². The molecule has 0 aromatic heterocycles. The lowest BCUT2D eigenvalue weighted by Gasteiger charge is -2.25. The first-order chi connectivity index (χ1) is 6.56. The van der Waals surface area contributed by atoms with Crippen molar-refractivity contribution in [1.29, 1.82) is 0 Å². The smallest absolute Gasteiger partial charge is 0.155 e. The molecule has 1 rings (SSSR count). The molecule has 0 radical (unpaired) electrons. The van der Waals surface area contributed by atoms with Gasteiger partial charge in [0.15, 0.2) is 4.93 Å². The summed E-state index contributed by atoms with van der Waals surface area (Å²) < 4.78 is 5.89. The molecule has 0 fully saturated rings. The Labute approximate surface area is 90.7 Å². The summed E-state index contributed by atoms with van der Waals surface area (Å²) in [5, 5.41) is 0. The Bertz CT molecular complexity index is 218. The standard InChI is InChI=1S/C10H20N2OS/c1-10(14-7-6-11)5-4-9(13-10)8-12(2)3/h4H,5-8,11H2,1-3H3. The Hall–Kier alpha value is -0.190. The van der Waals surface area contributed by atoms with Crippen molar-refractivity contribution in [1.82, 2.24) is 4.90 Å².